The summed E-state index contributed by atoms with van der Waals surface area (Å²) in [5.41, 5.74) is 10.1. The molecule has 0 saturated carbocycles. The highest BCUT2D eigenvalue weighted by molar-refractivity contribution is 5.94. The van der Waals surface area contributed by atoms with Crippen molar-refractivity contribution in [2.75, 3.05) is 13.1 Å². The maximum absolute atomic E-state index is 4.63. The van der Waals surface area contributed by atoms with Gasteiger partial charge in [0.05, 0.1) is 11.4 Å². The molecule has 0 radical (unpaired) electrons. The summed E-state index contributed by atoms with van der Waals surface area (Å²) in [6.07, 6.45) is 15.4. The first-order chi connectivity index (χ1) is 18.6. The van der Waals surface area contributed by atoms with Crippen molar-refractivity contribution in [1.82, 2.24) is 30.5 Å². The summed E-state index contributed by atoms with van der Waals surface area (Å²) in [5, 5.41) is 12.0. The zero-order chi connectivity index (χ0) is 27.5. The average Bonchev–Trinajstić information content (AvgIpc) is 3.56. The zero-order valence-electron chi connectivity index (χ0n) is 23.1. The van der Waals surface area contributed by atoms with Crippen LogP contribution in [0.1, 0.15) is 50.1 Å². The van der Waals surface area contributed by atoms with Crippen molar-refractivity contribution < 1.29 is 0 Å². The summed E-state index contributed by atoms with van der Waals surface area (Å²) in [7, 11) is 0. The number of likely N-dealkylation sites (N-methyl/N-ethyl adjacent to an activating group) is 1. The number of pyridine rings is 2. The smallest absolute Gasteiger partial charge is 0.181 e. The quantitative estimate of drug-likeness (QED) is 0.195. The Morgan fingerprint density at radius 3 is 2.53 bits per heavy atom. The lowest BCUT2D eigenvalue weighted by Gasteiger charge is -2.07. The first-order valence-corrected chi connectivity index (χ1v) is 13.1. The highest BCUT2D eigenvalue weighted by Gasteiger charge is 2.16. The molecule has 0 aromatic carbocycles. The first-order valence-electron chi connectivity index (χ1n) is 13.1. The lowest BCUT2D eigenvalue weighted by Crippen LogP contribution is -2.15. The normalized spacial score (nSPS) is 12.3. The van der Waals surface area contributed by atoms with Gasteiger partial charge in [-0.2, -0.15) is 5.10 Å². The molecule has 4 aromatic heterocycles. The Hall–Kier alpha value is -4.29. The van der Waals surface area contributed by atoms with Crippen molar-refractivity contribution >= 4 is 22.2 Å². The van der Waals surface area contributed by atoms with E-state index in [0.29, 0.717) is 5.65 Å². The van der Waals surface area contributed by atoms with E-state index in [4.69, 9.17) is 0 Å². The molecule has 0 bridgehead atoms. The summed E-state index contributed by atoms with van der Waals surface area (Å²) in [6, 6.07) is 8.29. The standard InChI is InChI=1S/C30H32N6.C2H6/c1-6-10-25(23-11-13-32-14-12-23)26-17-28(34-20(26)5)29-27-16-24(19-33-30(27)36-35-29)22(8-3)15-21(7-2)18-31-9-4;1-2/h6-8,10-17,19,31,34H,1-2,9,18H2,3-5H3,(H,33,35,36);1-2H3/b21-15+,22-8+,25-10-;. The fourth-order valence-corrected chi connectivity index (χ4v) is 4.21. The largest absolute Gasteiger partial charge is 0.357 e. The summed E-state index contributed by atoms with van der Waals surface area (Å²) < 4.78 is 0. The summed E-state index contributed by atoms with van der Waals surface area (Å²) >= 11 is 0. The minimum atomic E-state index is 0.676. The maximum atomic E-state index is 4.63. The minimum Gasteiger partial charge on any atom is -0.357 e. The SMILES string of the molecule is C=C/C=C(/c1ccncc1)c1cc(-c2[nH]nc3ncc(C(/C=C(\C=C)CNCC)=C/C)cc23)[nH]c1C.CC. The topological polar surface area (TPSA) is 82.3 Å². The van der Waals surface area contributed by atoms with E-state index in [1.165, 1.54) is 0 Å². The number of aryl methyl sites for hydroxylation is 1. The van der Waals surface area contributed by atoms with E-state index in [0.717, 1.165) is 69.0 Å². The Morgan fingerprint density at radius 1 is 1.11 bits per heavy atom. The number of allylic oxidation sites excluding steroid dienone is 5. The maximum Gasteiger partial charge on any atom is 0.181 e. The van der Waals surface area contributed by atoms with Crippen LogP contribution in [0.5, 0.6) is 0 Å². The highest BCUT2D eigenvalue weighted by atomic mass is 15.2. The van der Waals surface area contributed by atoms with E-state index in [1.807, 2.05) is 57.3 Å². The van der Waals surface area contributed by atoms with Gasteiger partial charge in [-0.05, 0) is 66.9 Å². The molecule has 0 saturated heterocycles. The number of aromatic nitrogens is 5. The van der Waals surface area contributed by atoms with Gasteiger partial charge in [0.2, 0.25) is 0 Å². The van der Waals surface area contributed by atoms with Crippen LogP contribution in [0.3, 0.4) is 0 Å². The summed E-state index contributed by atoms with van der Waals surface area (Å²) in [5.74, 6) is 0. The molecule has 38 heavy (non-hydrogen) atoms. The molecule has 0 aliphatic rings. The van der Waals surface area contributed by atoms with E-state index >= 15 is 0 Å². The molecular formula is C32H38N6. The molecule has 4 aromatic rings. The molecule has 6 heteroatoms. The minimum absolute atomic E-state index is 0.676. The first kappa shape index (κ1) is 28.3. The van der Waals surface area contributed by atoms with Gasteiger partial charge in [-0.15, -0.1) is 0 Å². The van der Waals surface area contributed by atoms with E-state index in [1.54, 1.807) is 12.4 Å². The molecule has 0 amide bonds. The zero-order valence-corrected chi connectivity index (χ0v) is 23.1. The number of H-pyrrole nitrogens is 2. The van der Waals surface area contributed by atoms with Gasteiger partial charge in [0.15, 0.2) is 5.65 Å². The van der Waals surface area contributed by atoms with Crippen LogP contribution in [-0.4, -0.2) is 38.2 Å². The van der Waals surface area contributed by atoms with Gasteiger partial charge in [-0.3, -0.25) is 10.1 Å². The van der Waals surface area contributed by atoms with Crippen molar-refractivity contribution in [2.24, 2.45) is 0 Å². The Labute approximate surface area is 226 Å². The molecule has 0 aliphatic heterocycles. The van der Waals surface area contributed by atoms with Gasteiger partial charge in [0, 0.05) is 47.3 Å². The van der Waals surface area contributed by atoms with Crippen LogP contribution in [0.4, 0.5) is 0 Å². The third kappa shape index (κ3) is 6.33. The molecule has 3 N–H and O–H groups in total. The number of hydrogen-bond acceptors (Lipinski definition) is 4. The van der Waals surface area contributed by atoms with Gasteiger partial charge >= 0.3 is 0 Å². The van der Waals surface area contributed by atoms with Crippen LogP contribution >= 0.6 is 0 Å². The van der Waals surface area contributed by atoms with Gasteiger partial charge in [0.25, 0.3) is 0 Å². The van der Waals surface area contributed by atoms with Crippen molar-refractivity contribution in [3.8, 4) is 11.4 Å². The molecule has 0 unspecified atom stereocenters. The number of fused-ring (bicyclic) bond motifs is 1. The molecule has 6 nitrogen and oxygen atoms in total. The molecule has 0 atom stereocenters. The average molecular weight is 507 g/mol. The van der Waals surface area contributed by atoms with Crippen LogP contribution in [0.15, 0.2) is 92.0 Å². The number of aromatic amines is 2. The third-order valence-corrected chi connectivity index (χ3v) is 6.09. The molecule has 0 aliphatic carbocycles. The van der Waals surface area contributed by atoms with Crippen molar-refractivity contribution in [1.29, 1.82) is 0 Å². The molecule has 4 heterocycles. The van der Waals surface area contributed by atoms with Crippen LogP contribution in [-0.2, 0) is 0 Å². The molecule has 0 fully saturated rings. The predicted octanol–water partition coefficient (Wildman–Crippen LogP) is 7.43. The van der Waals surface area contributed by atoms with E-state index in [9.17, 15) is 0 Å². The summed E-state index contributed by atoms with van der Waals surface area (Å²) in [6.45, 7) is 19.8. The second-order valence-electron chi connectivity index (χ2n) is 8.42. The number of nitrogens with one attached hydrogen (secondary N) is 3. The number of rotatable bonds is 10. The molecular weight excluding hydrogens is 468 g/mol. The van der Waals surface area contributed by atoms with Crippen LogP contribution in [0.2, 0.25) is 0 Å². The number of hydrogen-bond donors (Lipinski definition) is 3. The fourth-order valence-electron chi connectivity index (χ4n) is 4.21. The van der Waals surface area contributed by atoms with Crippen LogP contribution < -0.4 is 5.32 Å². The van der Waals surface area contributed by atoms with Crippen molar-refractivity contribution in [3.05, 3.63) is 114 Å². The lowest BCUT2D eigenvalue weighted by molar-refractivity contribution is 0.785. The van der Waals surface area contributed by atoms with Crippen LogP contribution in [0, 0.1) is 6.92 Å². The van der Waals surface area contributed by atoms with E-state index < -0.39 is 0 Å². The van der Waals surface area contributed by atoms with Gasteiger partial charge in [-0.1, -0.05) is 64.3 Å². The summed E-state index contributed by atoms with van der Waals surface area (Å²) in [4.78, 5) is 12.3. The Balaban J connectivity index is 0.00000195. The number of nitrogens with zero attached hydrogens (tertiary/aromatic N) is 3. The second kappa shape index (κ2) is 13.9. The lowest BCUT2D eigenvalue weighted by atomic mass is 9.98. The Morgan fingerprint density at radius 2 is 1.87 bits per heavy atom. The van der Waals surface area contributed by atoms with Gasteiger partial charge in [-0.25, -0.2) is 4.98 Å². The molecule has 0 spiro atoms. The Kier molecular flexibility index (Phi) is 10.3. The van der Waals surface area contributed by atoms with Gasteiger partial charge in [0.1, 0.15) is 0 Å². The van der Waals surface area contributed by atoms with Crippen LogP contribution in [0.25, 0.3) is 33.6 Å². The predicted molar refractivity (Wildman–Crippen MR) is 162 cm³/mol. The molecule has 196 valence electrons. The molecule has 4 rings (SSSR count). The Bertz CT molecular complexity index is 1460. The monoisotopic (exact) mass is 506 g/mol. The van der Waals surface area contributed by atoms with E-state index in [2.05, 4.69) is 81.8 Å². The van der Waals surface area contributed by atoms with Gasteiger partial charge < -0.3 is 10.3 Å². The van der Waals surface area contributed by atoms with Crippen molar-refractivity contribution in [3.63, 3.8) is 0 Å². The van der Waals surface area contributed by atoms with Crippen molar-refractivity contribution in [2.45, 2.75) is 34.6 Å². The van der Waals surface area contributed by atoms with E-state index in [-0.39, 0.29) is 0 Å². The second-order valence-corrected chi connectivity index (χ2v) is 8.42. The fraction of sp³-hybridized carbons (Fsp3) is 0.219. The third-order valence-electron chi connectivity index (χ3n) is 6.09. The highest BCUT2D eigenvalue weighted by Crippen LogP contribution is 2.33.